The fraction of sp³-hybridized carbons (Fsp3) is 0.176. The lowest BCUT2D eigenvalue weighted by molar-refractivity contribution is 0.350. The molecule has 2 heteroatoms. The summed E-state index contributed by atoms with van der Waals surface area (Å²) < 4.78 is 0. The summed E-state index contributed by atoms with van der Waals surface area (Å²) in [5.74, 6) is 7.65. The van der Waals surface area contributed by atoms with Crippen LogP contribution in [-0.4, -0.2) is 11.7 Å². The summed E-state index contributed by atoms with van der Waals surface area (Å²) in [5, 5.41) is 8.76. The first-order valence-corrected chi connectivity index (χ1v) is 7.35. The third kappa shape index (κ3) is 4.48. The molecule has 0 saturated carbocycles. The number of thioether (sulfide) groups is 1. The molecule has 0 fully saturated rings. The molecule has 0 aliphatic rings. The van der Waals surface area contributed by atoms with Gasteiger partial charge in [-0.3, -0.25) is 0 Å². The van der Waals surface area contributed by atoms with Gasteiger partial charge < -0.3 is 5.11 Å². The summed E-state index contributed by atoms with van der Waals surface area (Å²) in [6, 6.07) is 18.6. The molecular weight excluding hydrogens is 252 g/mol. The molecule has 2 aromatic carbocycles. The summed E-state index contributed by atoms with van der Waals surface area (Å²) in [5.41, 5.74) is 3.58. The van der Waals surface area contributed by atoms with Gasteiger partial charge in [0.05, 0.1) is 0 Å². The maximum Gasteiger partial charge on any atom is 0.104 e. The van der Waals surface area contributed by atoms with Gasteiger partial charge in [-0.15, -0.1) is 0 Å². The van der Waals surface area contributed by atoms with E-state index in [9.17, 15) is 0 Å². The van der Waals surface area contributed by atoms with Crippen molar-refractivity contribution in [1.29, 1.82) is 0 Å². The van der Waals surface area contributed by atoms with Crippen molar-refractivity contribution in [2.75, 3.05) is 6.61 Å². The normalized spacial score (nSPS) is 9.74. The molecule has 96 valence electrons. The highest BCUT2D eigenvalue weighted by atomic mass is 32.2. The molecule has 0 aliphatic carbocycles. The van der Waals surface area contributed by atoms with Crippen molar-refractivity contribution in [2.45, 2.75) is 11.5 Å². The largest absolute Gasteiger partial charge is 0.384 e. The topological polar surface area (TPSA) is 20.2 Å². The van der Waals surface area contributed by atoms with Crippen LogP contribution in [0, 0.1) is 11.8 Å². The highest BCUT2D eigenvalue weighted by Crippen LogP contribution is 2.19. The van der Waals surface area contributed by atoms with Crippen LogP contribution in [0.2, 0.25) is 0 Å². The second-order valence-electron chi connectivity index (χ2n) is 4.10. The standard InChI is InChI=1S/C17H16OS/c18-12-6-11-16-9-4-5-10-17(16)14-19-13-15-7-2-1-3-8-15/h1-5,7-10,18H,12-14H2. The van der Waals surface area contributed by atoms with E-state index in [1.165, 1.54) is 11.1 Å². The molecule has 0 spiro atoms. The first-order chi connectivity index (χ1) is 9.40. The summed E-state index contributed by atoms with van der Waals surface area (Å²) >= 11 is 1.88. The van der Waals surface area contributed by atoms with Crippen molar-refractivity contribution in [3.63, 3.8) is 0 Å². The van der Waals surface area contributed by atoms with Gasteiger partial charge in [-0.25, -0.2) is 0 Å². The molecule has 2 aromatic rings. The Bertz CT molecular complexity index is 567. The monoisotopic (exact) mass is 268 g/mol. The van der Waals surface area contributed by atoms with Crippen LogP contribution in [0.15, 0.2) is 54.6 Å². The van der Waals surface area contributed by atoms with E-state index in [1.54, 1.807) is 0 Å². The molecule has 0 unspecified atom stereocenters. The van der Waals surface area contributed by atoms with Crippen LogP contribution in [0.1, 0.15) is 16.7 Å². The third-order valence-electron chi connectivity index (χ3n) is 2.69. The maximum absolute atomic E-state index is 8.76. The molecular formula is C17H16OS. The molecule has 0 bridgehead atoms. The molecule has 1 nitrogen and oxygen atoms in total. The Morgan fingerprint density at radius 3 is 2.42 bits per heavy atom. The van der Waals surface area contributed by atoms with Gasteiger partial charge >= 0.3 is 0 Å². The van der Waals surface area contributed by atoms with Crippen molar-refractivity contribution in [3.8, 4) is 11.8 Å². The quantitative estimate of drug-likeness (QED) is 0.857. The molecule has 0 atom stereocenters. The Labute approximate surface area is 118 Å². The summed E-state index contributed by atoms with van der Waals surface area (Å²) in [7, 11) is 0. The van der Waals surface area contributed by atoms with Crippen molar-refractivity contribution in [1.82, 2.24) is 0 Å². The molecule has 0 aliphatic heterocycles. The second kappa shape index (κ2) is 7.68. The first kappa shape index (κ1) is 13.7. The van der Waals surface area contributed by atoms with E-state index in [-0.39, 0.29) is 6.61 Å². The minimum absolute atomic E-state index is 0.0918. The van der Waals surface area contributed by atoms with Crippen LogP contribution in [-0.2, 0) is 11.5 Å². The van der Waals surface area contributed by atoms with Gasteiger partial charge in [0.1, 0.15) is 6.61 Å². The smallest absolute Gasteiger partial charge is 0.104 e. The first-order valence-electron chi connectivity index (χ1n) is 6.19. The van der Waals surface area contributed by atoms with Crippen LogP contribution in [0.4, 0.5) is 0 Å². The van der Waals surface area contributed by atoms with E-state index in [1.807, 2.05) is 36.0 Å². The van der Waals surface area contributed by atoms with Crippen molar-refractivity contribution >= 4 is 11.8 Å². The zero-order valence-electron chi connectivity index (χ0n) is 10.7. The van der Waals surface area contributed by atoms with Crippen LogP contribution >= 0.6 is 11.8 Å². The molecule has 1 N–H and O–H groups in total. The predicted octanol–water partition coefficient (Wildman–Crippen LogP) is 3.46. The lowest BCUT2D eigenvalue weighted by Crippen LogP contribution is -1.88. The van der Waals surface area contributed by atoms with E-state index >= 15 is 0 Å². The molecule has 0 heterocycles. The third-order valence-corrected chi connectivity index (χ3v) is 3.74. The molecule has 0 radical (unpaired) electrons. The van der Waals surface area contributed by atoms with Gasteiger partial charge in [0.15, 0.2) is 0 Å². The second-order valence-corrected chi connectivity index (χ2v) is 5.08. The Kier molecular flexibility index (Phi) is 5.55. The Hall–Kier alpha value is -1.69. The predicted molar refractivity (Wildman–Crippen MR) is 81.8 cm³/mol. The van der Waals surface area contributed by atoms with Crippen LogP contribution < -0.4 is 0 Å². The minimum Gasteiger partial charge on any atom is -0.384 e. The van der Waals surface area contributed by atoms with Gasteiger partial charge in [0.2, 0.25) is 0 Å². The Balaban J connectivity index is 1.96. The number of aliphatic hydroxyl groups is 1. The average Bonchev–Trinajstić information content (AvgIpc) is 2.47. The number of aliphatic hydroxyl groups excluding tert-OH is 1. The molecule has 2 rings (SSSR count). The molecule has 0 amide bonds. The van der Waals surface area contributed by atoms with E-state index in [4.69, 9.17) is 5.11 Å². The number of hydrogen-bond donors (Lipinski definition) is 1. The minimum atomic E-state index is -0.0918. The lowest BCUT2D eigenvalue weighted by atomic mass is 10.1. The Morgan fingerprint density at radius 2 is 1.63 bits per heavy atom. The van der Waals surface area contributed by atoms with Gasteiger partial charge in [-0.2, -0.15) is 11.8 Å². The fourth-order valence-electron chi connectivity index (χ4n) is 1.76. The van der Waals surface area contributed by atoms with Gasteiger partial charge in [0, 0.05) is 17.1 Å². The number of benzene rings is 2. The SMILES string of the molecule is OCC#Cc1ccccc1CSCc1ccccc1. The zero-order chi connectivity index (χ0) is 13.3. The number of rotatable bonds is 4. The van der Waals surface area contributed by atoms with Crippen molar-refractivity contribution < 1.29 is 5.11 Å². The average molecular weight is 268 g/mol. The fourth-order valence-corrected chi connectivity index (χ4v) is 2.76. The summed E-state index contributed by atoms with van der Waals surface area (Å²) in [6.45, 7) is -0.0918. The van der Waals surface area contributed by atoms with Crippen LogP contribution in [0.25, 0.3) is 0 Å². The van der Waals surface area contributed by atoms with Gasteiger partial charge in [-0.05, 0) is 17.2 Å². The highest BCUT2D eigenvalue weighted by Gasteiger charge is 2.00. The lowest BCUT2D eigenvalue weighted by Gasteiger charge is -2.05. The molecule has 0 saturated heterocycles. The van der Waals surface area contributed by atoms with Gasteiger partial charge in [0.25, 0.3) is 0 Å². The molecule has 0 aromatic heterocycles. The van der Waals surface area contributed by atoms with E-state index in [0.29, 0.717) is 0 Å². The van der Waals surface area contributed by atoms with Crippen molar-refractivity contribution in [3.05, 3.63) is 71.3 Å². The van der Waals surface area contributed by atoms with Gasteiger partial charge in [-0.1, -0.05) is 60.4 Å². The highest BCUT2D eigenvalue weighted by molar-refractivity contribution is 7.97. The zero-order valence-corrected chi connectivity index (χ0v) is 11.5. The van der Waals surface area contributed by atoms with E-state index < -0.39 is 0 Å². The Morgan fingerprint density at radius 1 is 0.895 bits per heavy atom. The molecule has 19 heavy (non-hydrogen) atoms. The number of hydrogen-bond acceptors (Lipinski definition) is 2. The van der Waals surface area contributed by atoms with E-state index in [2.05, 4.69) is 42.2 Å². The summed E-state index contributed by atoms with van der Waals surface area (Å²) in [4.78, 5) is 0. The maximum atomic E-state index is 8.76. The van der Waals surface area contributed by atoms with E-state index in [0.717, 1.165) is 17.1 Å². The van der Waals surface area contributed by atoms with Crippen LogP contribution in [0.5, 0.6) is 0 Å². The van der Waals surface area contributed by atoms with Crippen LogP contribution in [0.3, 0.4) is 0 Å². The summed E-state index contributed by atoms with van der Waals surface area (Å²) in [6.07, 6.45) is 0. The van der Waals surface area contributed by atoms with Crippen molar-refractivity contribution in [2.24, 2.45) is 0 Å².